The third-order valence-corrected chi connectivity index (χ3v) is 6.84. The highest BCUT2D eigenvalue weighted by Crippen LogP contribution is 2.29. The predicted molar refractivity (Wildman–Crippen MR) is 123 cm³/mol. The third kappa shape index (κ3) is 4.60. The molecule has 1 N–H and O–H groups in total. The fourth-order valence-electron chi connectivity index (χ4n) is 4.24. The van der Waals surface area contributed by atoms with E-state index in [0.29, 0.717) is 25.1 Å². The highest BCUT2D eigenvalue weighted by molar-refractivity contribution is 7.13. The molecule has 8 heteroatoms. The molecule has 3 atom stereocenters. The van der Waals surface area contributed by atoms with E-state index < -0.39 is 12.0 Å². The summed E-state index contributed by atoms with van der Waals surface area (Å²) in [5, 5.41) is 7.02. The topological polar surface area (TPSA) is 88.3 Å². The Morgan fingerprint density at radius 2 is 2.09 bits per heavy atom. The third-order valence-electron chi connectivity index (χ3n) is 6.02. The van der Waals surface area contributed by atoms with Crippen molar-refractivity contribution in [3.05, 3.63) is 59.1 Å². The van der Waals surface area contributed by atoms with Crippen LogP contribution in [0.2, 0.25) is 0 Å². The Morgan fingerprint density at radius 1 is 1.31 bits per heavy atom. The number of nitrogens with one attached hydrogen (secondary N) is 1. The van der Waals surface area contributed by atoms with Gasteiger partial charge in [0, 0.05) is 18.8 Å². The van der Waals surface area contributed by atoms with Gasteiger partial charge >= 0.3 is 0 Å². The van der Waals surface area contributed by atoms with Gasteiger partial charge in [0.2, 0.25) is 11.8 Å². The summed E-state index contributed by atoms with van der Waals surface area (Å²) < 4.78 is 5.35. The molecular weight excluding hydrogens is 424 g/mol. The van der Waals surface area contributed by atoms with Crippen LogP contribution in [0.15, 0.2) is 46.6 Å². The first-order valence-electron chi connectivity index (χ1n) is 11.0. The number of likely N-dealkylation sites (tertiary alicyclic amines) is 1. The molecule has 0 aliphatic carbocycles. The quantitative estimate of drug-likeness (QED) is 0.571. The Bertz CT molecular complexity index is 1060. The van der Waals surface area contributed by atoms with Gasteiger partial charge in [-0.25, -0.2) is 0 Å². The number of nitrogens with zero attached hydrogens (tertiary/aromatic N) is 3. The minimum absolute atomic E-state index is 0.0668. The second kappa shape index (κ2) is 9.65. The van der Waals surface area contributed by atoms with E-state index >= 15 is 0 Å². The zero-order valence-corrected chi connectivity index (χ0v) is 19.4. The Kier molecular flexibility index (Phi) is 6.69. The van der Waals surface area contributed by atoms with E-state index in [1.54, 1.807) is 22.3 Å². The summed E-state index contributed by atoms with van der Waals surface area (Å²) in [6.45, 7) is 6.33. The van der Waals surface area contributed by atoms with Crippen LogP contribution in [0.1, 0.15) is 62.1 Å². The summed E-state index contributed by atoms with van der Waals surface area (Å²) in [4.78, 5) is 33.3. The fourth-order valence-corrected chi connectivity index (χ4v) is 4.86. The van der Waals surface area contributed by atoms with Gasteiger partial charge < -0.3 is 14.7 Å². The van der Waals surface area contributed by atoms with E-state index in [1.165, 1.54) is 0 Å². The lowest BCUT2D eigenvalue weighted by Gasteiger charge is -2.28. The molecule has 1 aliphatic rings. The maximum Gasteiger partial charge on any atom is 0.243 e. The minimum Gasteiger partial charge on any atom is -0.360 e. The van der Waals surface area contributed by atoms with E-state index in [0.717, 1.165) is 28.1 Å². The van der Waals surface area contributed by atoms with Gasteiger partial charge in [-0.2, -0.15) is 0 Å². The molecule has 3 aromatic rings. The average Bonchev–Trinajstić information content (AvgIpc) is 3.56. The average molecular weight is 453 g/mol. The molecule has 2 amide bonds. The van der Waals surface area contributed by atoms with Gasteiger partial charge in [0.15, 0.2) is 0 Å². The van der Waals surface area contributed by atoms with Crippen LogP contribution < -0.4 is 5.32 Å². The van der Waals surface area contributed by atoms with E-state index in [9.17, 15) is 9.59 Å². The molecule has 0 radical (unpaired) electrons. The SMILES string of the molecule is CCC(C(=O)N1CCCC1C(=O)NC(C)c1ccc(-c2cncs2)cc1)c1cc(C)no1. The van der Waals surface area contributed by atoms with Crippen molar-refractivity contribution >= 4 is 23.2 Å². The molecule has 1 aromatic carbocycles. The normalized spacial score (nSPS) is 17.8. The Labute approximate surface area is 191 Å². The Hall–Kier alpha value is -3.00. The van der Waals surface area contributed by atoms with Gasteiger partial charge in [0.25, 0.3) is 0 Å². The predicted octanol–water partition coefficient (Wildman–Crippen LogP) is 4.47. The van der Waals surface area contributed by atoms with Gasteiger partial charge in [-0.1, -0.05) is 36.3 Å². The lowest BCUT2D eigenvalue weighted by molar-refractivity contribution is -0.140. The van der Waals surface area contributed by atoms with Gasteiger partial charge in [-0.05, 0) is 44.2 Å². The molecule has 0 spiro atoms. The molecule has 4 rings (SSSR count). The second-order valence-corrected chi connectivity index (χ2v) is 9.13. The van der Waals surface area contributed by atoms with Crippen molar-refractivity contribution < 1.29 is 14.1 Å². The van der Waals surface area contributed by atoms with Crippen molar-refractivity contribution in [2.45, 2.75) is 58.0 Å². The van der Waals surface area contributed by atoms with Crippen LogP contribution in [0.3, 0.4) is 0 Å². The van der Waals surface area contributed by atoms with Crippen LogP contribution in [-0.4, -0.2) is 39.4 Å². The number of carbonyl (C=O) groups is 2. The molecule has 1 saturated heterocycles. The maximum absolute atomic E-state index is 13.3. The molecule has 3 unspecified atom stereocenters. The second-order valence-electron chi connectivity index (χ2n) is 8.24. The van der Waals surface area contributed by atoms with Crippen LogP contribution in [0.25, 0.3) is 10.4 Å². The lowest BCUT2D eigenvalue weighted by Crippen LogP contribution is -2.47. The first-order valence-corrected chi connectivity index (χ1v) is 11.9. The largest absolute Gasteiger partial charge is 0.360 e. The van der Waals surface area contributed by atoms with E-state index in [1.807, 2.05) is 56.7 Å². The lowest BCUT2D eigenvalue weighted by atomic mass is 10.0. The molecule has 1 aliphatic heterocycles. The number of amides is 2. The molecule has 32 heavy (non-hydrogen) atoms. The van der Waals surface area contributed by atoms with Gasteiger partial charge in [0.1, 0.15) is 11.8 Å². The van der Waals surface area contributed by atoms with Gasteiger partial charge in [-0.15, -0.1) is 11.3 Å². The summed E-state index contributed by atoms with van der Waals surface area (Å²) in [7, 11) is 0. The summed E-state index contributed by atoms with van der Waals surface area (Å²) in [5.74, 6) is -0.0295. The molecule has 2 aromatic heterocycles. The number of hydrogen-bond acceptors (Lipinski definition) is 6. The van der Waals surface area contributed by atoms with E-state index in [2.05, 4.69) is 15.5 Å². The van der Waals surface area contributed by atoms with Crippen LogP contribution in [0.4, 0.5) is 0 Å². The molecule has 0 bridgehead atoms. The summed E-state index contributed by atoms with van der Waals surface area (Å²) >= 11 is 1.60. The summed E-state index contributed by atoms with van der Waals surface area (Å²) in [5.41, 5.74) is 4.69. The number of carbonyl (C=O) groups excluding carboxylic acids is 2. The van der Waals surface area contributed by atoms with Crippen LogP contribution in [0, 0.1) is 6.92 Å². The molecule has 3 heterocycles. The zero-order valence-electron chi connectivity index (χ0n) is 18.6. The van der Waals surface area contributed by atoms with Crippen LogP contribution in [-0.2, 0) is 9.59 Å². The van der Waals surface area contributed by atoms with E-state index in [-0.39, 0.29) is 17.9 Å². The number of aryl methyl sites for hydroxylation is 1. The van der Waals surface area contributed by atoms with Crippen molar-refractivity contribution in [3.8, 4) is 10.4 Å². The maximum atomic E-state index is 13.3. The summed E-state index contributed by atoms with van der Waals surface area (Å²) in [6, 6.07) is 9.32. The number of rotatable bonds is 7. The van der Waals surface area contributed by atoms with Gasteiger partial charge in [-0.3, -0.25) is 14.6 Å². The van der Waals surface area contributed by atoms with Crippen molar-refractivity contribution in [1.29, 1.82) is 0 Å². The molecular formula is C24H28N4O3S. The summed E-state index contributed by atoms with van der Waals surface area (Å²) in [6.07, 6.45) is 3.93. The van der Waals surface area contributed by atoms with Crippen molar-refractivity contribution in [2.75, 3.05) is 6.54 Å². The number of benzene rings is 1. The van der Waals surface area contributed by atoms with Crippen molar-refractivity contribution in [1.82, 2.24) is 20.4 Å². The number of aromatic nitrogens is 2. The zero-order chi connectivity index (χ0) is 22.7. The highest BCUT2D eigenvalue weighted by Gasteiger charge is 2.38. The smallest absolute Gasteiger partial charge is 0.243 e. The minimum atomic E-state index is -0.459. The molecule has 0 saturated carbocycles. The fraction of sp³-hybridized carbons (Fsp3) is 0.417. The van der Waals surface area contributed by atoms with Crippen molar-refractivity contribution in [2.24, 2.45) is 0 Å². The van der Waals surface area contributed by atoms with E-state index in [4.69, 9.17) is 4.52 Å². The molecule has 168 valence electrons. The molecule has 1 fully saturated rings. The monoisotopic (exact) mass is 452 g/mol. The highest BCUT2D eigenvalue weighted by atomic mass is 32.1. The van der Waals surface area contributed by atoms with Crippen molar-refractivity contribution in [3.63, 3.8) is 0 Å². The van der Waals surface area contributed by atoms with Crippen LogP contribution in [0.5, 0.6) is 0 Å². The molecule has 7 nitrogen and oxygen atoms in total. The Morgan fingerprint density at radius 3 is 2.72 bits per heavy atom. The van der Waals surface area contributed by atoms with Gasteiger partial charge in [0.05, 0.1) is 28.0 Å². The first-order chi connectivity index (χ1) is 15.5. The number of hydrogen-bond donors (Lipinski definition) is 1. The Balaban J connectivity index is 1.42. The first kappa shape index (κ1) is 22.2. The standard InChI is InChI=1S/C24H28N4O3S/c1-4-19(21-12-15(2)27-31-21)24(30)28-11-5-6-20(28)23(29)26-16(3)17-7-9-18(10-8-17)22-13-25-14-32-22/h7-10,12-14,16,19-20H,4-6,11H2,1-3H3,(H,26,29). The van der Waals surface area contributed by atoms with Crippen LogP contribution >= 0.6 is 11.3 Å². The number of thiazole rings is 1.